The molecule has 6 rings (SSSR count). The number of alkyl carbamates (subject to hydrolysis) is 1. The highest BCUT2D eigenvalue weighted by atomic mass is 35.5. The zero-order valence-corrected chi connectivity index (χ0v) is 32.4. The molecule has 4 fully saturated rings. The molecule has 1 aliphatic heterocycles. The molecule has 3 aliphatic carbocycles. The minimum atomic E-state index is -1.26. The zero-order chi connectivity index (χ0) is 37.7. The number of methoxy groups -OCH3 is 2. The Morgan fingerprint density at radius 2 is 1.65 bits per heavy atom. The van der Waals surface area contributed by atoms with Crippen LogP contribution in [-0.4, -0.2) is 68.2 Å². The van der Waals surface area contributed by atoms with Gasteiger partial charge in [-0.15, -0.1) is 0 Å². The largest absolute Gasteiger partial charge is 0.497 e. The fourth-order valence-corrected chi connectivity index (χ4v) is 8.13. The monoisotopic (exact) mass is 726 g/mol. The number of halogens is 1. The molecule has 0 radical (unpaired) electrons. The van der Waals surface area contributed by atoms with Crippen molar-refractivity contribution in [2.75, 3.05) is 14.2 Å². The molecule has 2 bridgehead atoms. The van der Waals surface area contributed by atoms with E-state index >= 15 is 0 Å². The molecular weight excluding hydrogens is 675 g/mol. The van der Waals surface area contributed by atoms with Crippen LogP contribution in [0.1, 0.15) is 103 Å². The van der Waals surface area contributed by atoms with Gasteiger partial charge in [0, 0.05) is 5.56 Å². The van der Waals surface area contributed by atoms with Crippen LogP contribution in [0.5, 0.6) is 11.5 Å². The maximum Gasteiger partial charge on any atom is 0.482 e. The van der Waals surface area contributed by atoms with Crippen LogP contribution in [0.15, 0.2) is 36.4 Å². The van der Waals surface area contributed by atoms with E-state index in [4.69, 9.17) is 39.9 Å². The molecule has 1 unspecified atom stereocenters. The summed E-state index contributed by atoms with van der Waals surface area (Å²) in [6, 6.07) is 8.80. The first-order valence-corrected chi connectivity index (χ1v) is 17.9. The summed E-state index contributed by atoms with van der Waals surface area (Å²) in [4.78, 5) is 40.9. The maximum absolute atomic E-state index is 14.5. The summed E-state index contributed by atoms with van der Waals surface area (Å²) >= 11 is 6.68. The van der Waals surface area contributed by atoms with Crippen LogP contribution in [0, 0.1) is 17.3 Å². The van der Waals surface area contributed by atoms with Crippen LogP contribution in [0.3, 0.4) is 0 Å². The summed E-state index contributed by atoms with van der Waals surface area (Å²) in [6.45, 7) is 17.2. The number of carbonyl (C=O) groups excluding carboxylic acids is 3. The van der Waals surface area contributed by atoms with Crippen molar-refractivity contribution in [2.45, 2.75) is 116 Å². The fraction of sp³-hybridized carbons (Fsp3) is 0.605. The summed E-state index contributed by atoms with van der Waals surface area (Å²) in [5, 5.41) is 6.05. The average Bonchev–Trinajstić information content (AvgIpc) is 3.38. The van der Waals surface area contributed by atoms with E-state index in [9.17, 15) is 14.4 Å². The standard InChI is InChI=1S/C38H52BClN2O9/c1-35(2,3)48-33(44)25-14-12-13-21(31(25)47-11)17-29(39-50-28-19-22-18-27(37(22,7)8)38(28,9)51-39)41-32(43)30(42-34(45)49-36(4,5)6)24-16-15-23(46-10)20-26(24)40/h12-16,20,22,27-30H,17-19H2,1-11H3,(H,41,43)(H,42,45)/t22-,27-,28+,29-,30?,38-/m0/s1. The van der Waals surface area contributed by atoms with E-state index in [0.717, 1.165) is 12.8 Å². The Bertz CT molecular complexity index is 1650. The van der Waals surface area contributed by atoms with Crippen molar-refractivity contribution in [3.8, 4) is 11.5 Å². The van der Waals surface area contributed by atoms with Gasteiger partial charge in [0.1, 0.15) is 34.3 Å². The Morgan fingerprint density at radius 1 is 0.961 bits per heavy atom. The van der Waals surface area contributed by atoms with Gasteiger partial charge in [0.25, 0.3) is 0 Å². The Kier molecular flexibility index (Phi) is 10.8. The lowest BCUT2D eigenvalue weighted by atomic mass is 9.43. The normalized spacial score (nSPS) is 24.7. The number of hydrogen-bond acceptors (Lipinski definition) is 9. The highest BCUT2D eigenvalue weighted by Gasteiger charge is 2.68. The molecule has 0 aromatic heterocycles. The summed E-state index contributed by atoms with van der Waals surface area (Å²) in [7, 11) is 2.14. The van der Waals surface area contributed by atoms with Crippen LogP contribution < -0.4 is 20.1 Å². The van der Waals surface area contributed by atoms with Crippen molar-refractivity contribution in [3.63, 3.8) is 0 Å². The Balaban J connectivity index is 1.52. The molecule has 3 saturated carbocycles. The van der Waals surface area contributed by atoms with E-state index < -0.39 is 53.9 Å². The third-order valence-corrected chi connectivity index (χ3v) is 10.8. The molecule has 4 aliphatic rings. The van der Waals surface area contributed by atoms with Gasteiger partial charge in [-0.05, 0) is 109 Å². The first kappa shape index (κ1) is 38.7. The second-order valence-corrected chi connectivity index (χ2v) is 17.0. The average molecular weight is 727 g/mol. The maximum atomic E-state index is 14.5. The zero-order valence-electron chi connectivity index (χ0n) is 31.6. The first-order chi connectivity index (χ1) is 23.7. The van der Waals surface area contributed by atoms with Gasteiger partial charge in [-0.25, -0.2) is 9.59 Å². The van der Waals surface area contributed by atoms with Crippen molar-refractivity contribution in [1.29, 1.82) is 0 Å². The van der Waals surface area contributed by atoms with Gasteiger partial charge in [-0.2, -0.15) is 0 Å². The molecule has 2 amide bonds. The van der Waals surface area contributed by atoms with E-state index in [1.807, 2.05) is 6.07 Å². The third-order valence-electron chi connectivity index (χ3n) is 10.4. The minimum Gasteiger partial charge on any atom is -0.497 e. The molecular formula is C38H52BClN2O9. The molecule has 2 aromatic carbocycles. The number of hydrogen-bond donors (Lipinski definition) is 2. The van der Waals surface area contributed by atoms with E-state index in [1.165, 1.54) is 14.2 Å². The second-order valence-electron chi connectivity index (χ2n) is 16.6. The number of benzene rings is 2. The summed E-state index contributed by atoms with van der Waals surface area (Å²) in [6.07, 6.45) is 1.09. The lowest BCUT2D eigenvalue weighted by molar-refractivity contribution is -0.199. The SMILES string of the molecule is COc1ccc(C(NC(=O)OC(C)(C)C)C(=O)N[C@@H](Cc2cccc(C(=O)OC(C)(C)C)c2OC)B2O[C@@H]3C[C@@H]4C[C@@H](C4(C)C)[C@]3(C)O2)c(Cl)c1. The number of para-hydroxylation sites is 1. The van der Waals surface area contributed by atoms with Gasteiger partial charge in [0.2, 0.25) is 5.91 Å². The van der Waals surface area contributed by atoms with Gasteiger partial charge < -0.3 is 38.9 Å². The number of amides is 2. The number of esters is 1. The van der Waals surface area contributed by atoms with Crippen molar-refractivity contribution in [1.82, 2.24) is 10.6 Å². The Morgan fingerprint density at radius 3 is 2.24 bits per heavy atom. The molecule has 2 N–H and O–H groups in total. The first-order valence-electron chi connectivity index (χ1n) is 17.5. The molecule has 51 heavy (non-hydrogen) atoms. The number of rotatable bonds is 10. The van der Waals surface area contributed by atoms with E-state index in [1.54, 1.807) is 71.9 Å². The van der Waals surface area contributed by atoms with Crippen LogP contribution in [0.25, 0.3) is 0 Å². The smallest absolute Gasteiger partial charge is 0.482 e. The molecule has 13 heteroatoms. The lowest BCUT2D eigenvalue weighted by Crippen LogP contribution is -2.65. The predicted octanol–water partition coefficient (Wildman–Crippen LogP) is 6.87. The number of nitrogens with one attached hydrogen (secondary N) is 2. The van der Waals surface area contributed by atoms with Gasteiger partial charge in [-0.3, -0.25) is 4.79 Å². The van der Waals surface area contributed by atoms with Crippen molar-refractivity contribution in [2.24, 2.45) is 17.3 Å². The topological polar surface area (TPSA) is 131 Å². The van der Waals surface area contributed by atoms with Gasteiger partial charge >= 0.3 is 19.2 Å². The third kappa shape index (κ3) is 8.13. The van der Waals surface area contributed by atoms with E-state index in [2.05, 4.69) is 31.4 Å². The van der Waals surface area contributed by atoms with Crippen LogP contribution in [-0.2, 0) is 30.0 Å². The summed E-state index contributed by atoms with van der Waals surface area (Å²) in [5.41, 5.74) is -0.802. The quantitative estimate of drug-likeness (QED) is 0.199. The van der Waals surface area contributed by atoms with Crippen LogP contribution >= 0.6 is 11.6 Å². The summed E-state index contributed by atoms with van der Waals surface area (Å²) < 4.78 is 35.9. The molecule has 11 nitrogen and oxygen atoms in total. The van der Waals surface area contributed by atoms with Crippen molar-refractivity contribution >= 4 is 36.7 Å². The molecule has 1 saturated heterocycles. The second kappa shape index (κ2) is 14.2. The van der Waals surface area contributed by atoms with Gasteiger partial charge in [0.15, 0.2) is 0 Å². The molecule has 2 aromatic rings. The number of ether oxygens (including phenoxy) is 4. The lowest BCUT2D eigenvalue weighted by Gasteiger charge is -2.64. The van der Waals surface area contributed by atoms with Crippen molar-refractivity contribution < 1.29 is 42.6 Å². The van der Waals surface area contributed by atoms with E-state index in [0.29, 0.717) is 28.5 Å². The Labute approximate surface area is 306 Å². The van der Waals surface area contributed by atoms with Crippen LogP contribution in [0.4, 0.5) is 4.79 Å². The predicted molar refractivity (Wildman–Crippen MR) is 194 cm³/mol. The van der Waals surface area contributed by atoms with Gasteiger partial charge in [-0.1, -0.05) is 43.6 Å². The van der Waals surface area contributed by atoms with Crippen molar-refractivity contribution in [3.05, 3.63) is 58.1 Å². The van der Waals surface area contributed by atoms with Gasteiger partial charge in [0.05, 0.1) is 36.9 Å². The molecule has 0 spiro atoms. The highest BCUT2D eigenvalue weighted by molar-refractivity contribution is 6.48. The van der Waals surface area contributed by atoms with E-state index in [-0.39, 0.29) is 34.4 Å². The summed E-state index contributed by atoms with van der Waals surface area (Å²) in [5.74, 6) is -0.301. The number of carbonyl (C=O) groups is 3. The van der Waals surface area contributed by atoms with Crippen LogP contribution in [0.2, 0.25) is 5.02 Å². The highest BCUT2D eigenvalue weighted by Crippen LogP contribution is 2.65. The fourth-order valence-electron chi connectivity index (χ4n) is 7.85. The molecule has 1 heterocycles. The molecule has 6 atom stereocenters. The molecule has 278 valence electrons. The minimum absolute atomic E-state index is 0.0980. The Hall–Kier alpha value is -3.48.